The van der Waals surface area contributed by atoms with Crippen LogP contribution < -0.4 is 0 Å². The predicted octanol–water partition coefficient (Wildman–Crippen LogP) is 1.24. The predicted molar refractivity (Wildman–Crippen MR) is 63.8 cm³/mol. The molecule has 5 nitrogen and oxygen atoms in total. The standard InChI is InChI=1S/C8H14N2O3S3/c1-3-5-6-15(11)7-9-10-8(14-7)16(12,13)4-2/h3-6H2,1-2H3. The number of nitrogens with zero attached hydrogens (tertiary/aromatic N) is 2. The first-order valence-corrected chi connectivity index (χ1v) is 8.74. The fourth-order valence-electron chi connectivity index (χ4n) is 0.901. The van der Waals surface area contributed by atoms with Crippen molar-refractivity contribution in [2.24, 2.45) is 0 Å². The number of hydrogen-bond donors (Lipinski definition) is 0. The Hall–Kier alpha value is -0.340. The SMILES string of the molecule is CCCCS(=O)c1nnc(S(=O)(=O)CC)s1. The lowest BCUT2D eigenvalue weighted by molar-refractivity contribution is 0.595. The van der Waals surface area contributed by atoms with Crippen LogP contribution in [-0.4, -0.2) is 34.3 Å². The van der Waals surface area contributed by atoms with Gasteiger partial charge in [0.25, 0.3) is 0 Å². The third-order valence-corrected chi connectivity index (χ3v) is 6.75. The van der Waals surface area contributed by atoms with E-state index in [1.165, 1.54) is 0 Å². The van der Waals surface area contributed by atoms with E-state index < -0.39 is 20.6 Å². The largest absolute Gasteiger partial charge is 0.252 e. The molecule has 0 saturated heterocycles. The van der Waals surface area contributed by atoms with Gasteiger partial charge >= 0.3 is 0 Å². The highest BCUT2D eigenvalue weighted by atomic mass is 32.2. The molecule has 0 aliphatic carbocycles. The van der Waals surface area contributed by atoms with Crippen molar-refractivity contribution < 1.29 is 12.6 Å². The summed E-state index contributed by atoms with van der Waals surface area (Å²) in [5, 5.41) is 7.25. The van der Waals surface area contributed by atoms with Crippen molar-refractivity contribution in [3.05, 3.63) is 0 Å². The van der Waals surface area contributed by atoms with Gasteiger partial charge in [-0.15, -0.1) is 10.2 Å². The highest BCUT2D eigenvalue weighted by Gasteiger charge is 2.20. The van der Waals surface area contributed by atoms with Crippen LogP contribution >= 0.6 is 11.3 Å². The summed E-state index contributed by atoms with van der Waals surface area (Å²) in [4.78, 5) is 0. The molecule has 0 saturated carbocycles. The molecule has 1 heterocycles. The summed E-state index contributed by atoms with van der Waals surface area (Å²) >= 11 is 0.913. The van der Waals surface area contributed by atoms with E-state index in [0.29, 0.717) is 10.1 Å². The number of unbranched alkanes of at least 4 members (excludes halogenated alkanes) is 1. The molecule has 8 heteroatoms. The lowest BCUT2D eigenvalue weighted by Crippen LogP contribution is -2.02. The van der Waals surface area contributed by atoms with E-state index in [1.807, 2.05) is 6.92 Å². The molecule has 0 bridgehead atoms. The van der Waals surface area contributed by atoms with Crippen LogP contribution in [0.1, 0.15) is 26.7 Å². The monoisotopic (exact) mass is 282 g/mol. The van der Waals surface area contributed by atoms with Crippen LogP contribution in [0.25, 0.3) is 0 Å². The summed E-state index contributed by atoms with van der Waals surface area (Å²) in [6, 6.07) is 0. The molecular weight excluding hydrogens is 268 g/mol. The van der Waals surface area contributed by atoms with Crippen molar-refractivity contribution in [1.82, 2.24) is 10.2 Å². The molecule has 0 spiro atoms. The topological polar surface area (TPSA) is 77.0 Å². The summed E-state index contributed by atoms with van der Waals surface area (Å²) in [7, 11) is -4.54. The summed E-state index contributed by atoms with van der Waals surface area (Å²) < 4.78 is 34.8. The fraction of sp³-hybridized carbons (Fsp3) is 0.750. The average Bonchev–Trinajstić information content (AvgIpc) is 2.75. The molecule has 0 radical (unpaired) electrons. The molecule has 1 rings (SSSR count). The van der Waals surface area contributed by atoms with Gasteiger partial charge in [0, 0.05) is 5.75 Å². The number of sulfone groups is 1. The lowest BCUT2D eigenvalue weighted by Gasteiger charge is -1.94. The van der Waals surface area contributed by atoms with E-state index in [-0.39, 0.29) is 10.1 Å². The first-order valence-electron chi connectivity index (χ1n) is 4.96. The maximum atomic E-state index is 11.7. The summed E-state index contributed by atoms with van der Waals surface area (Å²) in [6.45, 7) is 3.55. The van der Waals surface area contributed by atoms with Gasteiger partial charge in [0.1, 0.15) is 0 Å². The van der Waals surface area contributed by atoms with Gasteiger partial charge in [-0.05, 0) is 6.42 Å². The van der Waals surface area contributed by atoms with Crippen LogP contribution in [0.5, 0.6) is 0 Å². The highest BCUT2D eigenvalue weighted by molar-refractivity contribution is 7.94. The number of hydrogen-bond acceptors (Lipinski definition) is 6. The van der Waals surface area contributed by atoms with Crippen molar-refractivity contribution in [1.29, 1.82) is 0 Å². The molecular formula is C8H14N2O3S3. The Labute approximate surface area is 102 Å². The van der Waals surface area contributed by atoms with Crippen LogP contribution in [-0.2, 0) is 20.6 Å². The van der Waals surface area contributed by atoms with E-state index in [2.05, 4.69) is 10.2 Å². The molecule has 0 aromatic carbocycles. The summed E-state index contributed by atoms with van der Waals surface area (Å²) in [5.41, 5.74) is 0. The van der Waals surface area contributed by atoms with Gasteiger partial charge in [-0.3, -0.25) is 4.21 Å². The Morgan fingerprint density at radius 2 is 2.00 bits per heavy atom. The van der Waals surface area contributed by atoms with Crippen LogP contribution in [0.3, 0.4) is 0 Å². The van der Waals surface area contributed by atoms with Crippen LogP contribution in [0.2, 0.25) is 0 Å². The third kappa shape index (κ3) is 3.33. The highest BCUT2D eigenvalue weighted by Crippen LogP contribution is 2.20. The Balaban J connectivity index is 2.83. The molecule has 0 aliphatic heterocycles. The first-order chi connectivity index (χ1) is 7.51. The maximum absolute atomic E-state index is 11.7. The molecule has 1 unspecified atom stereocenters. The molecule has 0 amide bonds. The Kier molecular flexibility index (Phi) is 5.00. The van der Waals surface area contributed by atoms with Crippen LogP contribution in [0, 0.1) is 0 Å². The zero-order valence-electron chi connectivity index (χ0n) is 9.17. The second-order valence-electron chi connectivity index (χ2n) is 3.14. The van der Waals surface area contributed by atoms with E-state index in [9.17, 15) is 12.6 Å². The maximum Gasteiger partial charge on any atom is 0.233 e. The molecule has 16 heavy (non-hydrogen) atoms. The van der Waals surface area contributed by atoms with Crippen LogP contribution in [0.15, 0.2) is 8.68 Å². The third-order valence-electron chi connectivity index (χ3n) is 1.91. The molecule has 92 valence electrons. The Morgan fingerprint density at radius 1 is 1.31 bits per heavy atom. The molecule has 1 aromatic heterocycles. The second kappa shape index (κ2) is 5.83. The van der Waals surface area contributed by atoms with Gasteiger partial charge in [0.2, 0.25) is 18.5 Å². The quantitative estimate of drug-likeness (QED) is 0.784. The Morgan fingerprint density at radius 3 is 2.56 bits per heavy atom. The van der Waals surface area contributed by atoms with Gasteiger partial charge in [-0.1, -0.05) is 31.6 Å². The van der Waals surface area contributed by atoms with Gasteiger partial charge in [-0.2, -0.15) is 0 Å². The minimum absolute atomic E-state index is 0.0107. The van der Waals surface area contributed by atoms with Crippen molar-refractivity contribution in [3.63, 3.8) is 0 Å². The van der Waals surface area contributed by atoms with Gasteiger partial charge < -0.3 is 0 Å². The normalized spacial score (nSPS) is 13.9. The van der Waals surface area contributed by atoms with E-state index in [1.54, 1.807) is 6.92 Å². The van der Waals surface area contributed by atoms with Crippen molar-refractivity contribution >= 4 is 32.0 Å². The minimum atomic E-state index is -3.32. The first kappa shape index (κ1) is 13.7. The molecule has 1 aromatic rings. The lowest BCUT2D eigenvalue weighted by atomic mass is 10.4. The van der Waals surface area contributed by atoms with E-state index in [0.717, 1.165) is 24.2 Å². The second-order valence-corrected chi connectivity index (χ2v) is 8.31. The van der Waals surface area contributed by atoms with Crippen molar-refractivity contribution in [2.75, 3.05) is 11.5 Å². The number of aromatic nitrogens is 2. The van der Waals surface area contributed by atoms with Gasteiger partial charge in [0.05, 0.1) is 16.6 Å². The Bertz CT molecular complexity index is 467. The zero-order chi connectivity index (χ0) is 12.2. The minimum Gasteiger partial charge on any atom is -0.252 e. The zero-order valence-corrected chi connectivity index (χ0v) is 11.6. The fourth-order valence-corrected chi connectivity index (χ4v) is 4.60. The average molecular weight is 282 g/mol. The summed E-state index contributed by atoms with van der Waals surface area (Å²) in [5.74, 6) is 0.501. The van der Waals surface area contributed by atoms with Gasteiger partial charge in [0.15, 0.2) is 0 Å². The van der Waals surface area contributed by atoms with Crippen LogP contribution in [0.4, 0.5) is 0 Å². The van der Waals surface area contributed by atoms with Gasteiger partial charge in [-0.25, -0.2) is 8.42 Å². The molecule has 0 fully saturated rings. The molecule has 1 atom stereocenters. The van der Waals surface area contributed by atoms with E-state index >= 15 is 0 Å². The van der Waals surface area contributed by atoms with Crippen molar-refractivity contribution in [2.45, 2.75) is 35.4 Å². The smallest absolute Gasteiger partial charge is 0.233 e. The molecule has 0 aliphatic rings. The van der Waals surface area contributed by atoms with Crippen molar-refractivity contribution in [3.8, 4) is 0 Å². The summed E-state index contributed by atoms with van der Waals surface area (Å²) in [6.07, 6.45) is 1.78. The molecule has 0 N–H and O–H groups in total. The number of rotatable bonds is 6. The van der Waals surface area contributed by atoms with E-state index in [4.69, 9.17) is 0 Å².